The maximum absolute atomic E-state index is 6.61. The van der Waals surface area contributed by atoms with Gasteiger partial charge in [-0.1, -0.05) is 36.4 Å². The lowest BCUT2D eigenvalue weighted by Gasteiger charge is -2.32. The van der Waals surface area contributed by atoms with E-state index in [4.69, 9.17) is 18.9 Å². The predicted molar refractivity (Wildman–Crippen MR) is 145 cm³/mol. The SMILES string of the molecule is C1=CC2OC3=CC4Oc5cccc6c5[P+](=C4C=C3[P+]3=C2C(=C1)Oc1ccccc13)c1ccccc1O6. The molecule has 9 rings (SSSR count). The first-order valence-electron chi connectivity index (χ1n) is 12.0. The topological polar surface area (TPSA) is 36.9 Å². The maximum Gasteiger partial charge on any atom is 0.238 e. The monoisotopic (exact) mass is 504 g/mol. The van der Waals surface area contributed by atoms with E-state index in [-0.39, 0.29) is 12.2 Å². The Kier molecular flexibility index (Phi) is 3.70. The van der Waals surface area contributed by atoms with Gasteiger partial charge in [-0.15, -0.1) is 0 Å². The van der Waals surface area contributed by atoms with Crippen molar-refractivity contribution in [1.29, 1.82) is 0 Å². The van der Waals surface area contributed by atoms with Gasteiger partial charge in [-0.25, -0.2) is 0 Å². The molecule has 2 aliphatic carbocycles. The van der Waals surface area contributed by atoms with Crippen LogP contribution in [-0.4, -0.2) is 22.8 Å². The molecule has 0 N–H and O–H groups in total. The van der Waals surface area contributed by atoms with Gasteiger partial charge in [0, 0.05) is 12.2 Å². The van der Waals surface area contributed by atoms with Crippen molar-refractivity contribution in [3.8, 4) is 23.0 Å². The molecule has 36 heavy (non-hydrogen) atoms. The molecule has 4 atom stereocenters. The molecule has 170 valence electrons. The fraction of sp³-hybridized carbons (Fsp3) is 0.0667. The van der Waals surface area contributed by atoms with Gasteiger partial charge in [0.15, 0.2) is 77.7 Å². The van der Waals surface area contributed by atoms with E-state index in [0.29, 0.717) is 0 Å². The number of ether oxygens (including phenoxy) is 4. The highest BCUT2D eigenvalue weighted by Crippen LogP contribution is 2.55. The molecule has 4 nitrogen and oxygen atoms in total. The van der Waals surface area contributed by atoms with Crippen LogP contribution in [0.4, 0.5) is 0 Å². The zero-order valence-electron chi connectivity index (χ0n) is 18.9. The minimum Gasteiger partial charge on any atom is -0.473 e. The summed E-state index contributed by atoms with van der Waals surface area (Å²) in [6.45, 7) is 0. The van der Waals surface area contributed by atoms with E-state index in [1.165, 1.54) is 31.8 Å². The molecule has 0 fully saturated rings. The van der Waals surface area contributed by atoms with Crippen LogP contribution in [0.1, 0.15) is 0 Å². The van der Waals surface area contributed by atoms with E-state index < -0.39 is 15.1 Å². The van der Waals surface area contributed by atoms with Crippen molar-refractivity contribution in [2.75, 3.05) is 0 Å². The molecule has 3 aromatic carbocycles. The molecule has 4 heterocycles. The summed E-state index contributed by atoms with van der Waals surface area (Å²) in [4.78, 5) is 0. The van der Waals surface area contributed by atoms with Crippen molar-refractivity contribution in [3.63, 3.8) is 0 Å². The Labute approximate surface area is 209 Å². The number of para-hydroxylation sites is 2. The number of hydrogen-bond acceptors (Lipinski definition) is 4. The van der Waals surface area contributed by atoms with Gasteiger partial charge in [0.2, 0.25) is 15.9 Å². The van der Waals surface area contributed by atoms with Gasteiger partial charge in [-0.2, -0.15) is 0 Å². The number of rotatable bonds is 0. The molecule has 0 spiro atoms. The van der Waals surface area contributed by atoms with E-state index in [9.17, 15) is 0 Å². The number of fused-ring (bicyclic) bond motifs is 7. The van der Waals surface area contributed by atoms with Crippen molar-refractivity contribution >= 4 is 41.6 Å². The molecule has 0 aromatic heterocycles. The van der Waals surface area contributed by atoms with Crippen LogP contribution in [0.15, 0.2) is 114 Å². The second kappa shape index (κ2) is 6.89. The average Bonchev–Trinajstić information content (AvgIpc) is 2.92. The third kappa shape index (κ3) is 2.46. The molecule has 3 aromatic rings. The van der Waals surface area contributed by atoms with Crippen molar-refractivity contribution in [2.24, 2.45) is 0 Å². The average molecular weight is 504 g/mol. The molecule has 0 saturated carbocycles. The van der Waals surface area contributed by atoms with Gasteiger partial charge >= 0.3 is 0 Å². The van der Waals surface area contributed by atoms with Gasteiger partial charge in [-0.3, -0.25) is 0 Å². The molecule has 0 amide bonds. The standard InChI is InChI=1S/C30H18O4P2/c1-3-13-25-17(7-1)31-19-9-5-11-21-29(19)35(25)27-16-28-24(15-23(27)33-21)34-22-12-6-10-20-30(22)36(28)26-14-4-2-8-18(26)32-20/h1-16,21,24H/q+2. The lowest BCUT2D eigenvalue weighted by Crippen LogP contribution is -2.40. The summed E-state index contributed by atoms with van der Waals surface area (Å²) in [5.41, 5.74) is 0. The van der Waals surface area contributed by atoms with E-state index in [0.717, 1.165) is 34.5 Å². The Morgan fingerprint density at radius 2 is 1.39 bits per heavy atom. The van der Waals surface area contributed by atoms with E-state index in [1.807, 2.05) is 24.3 Å². The summed E-state index contributed by atoms with van der Waals surface area (Å²) < 4.78 is 25.9. The van der Waals surface area contributed by atoms with Crippen molar-refractivity contribution in [2.45, 2.75) is 12.2 Å². The van der Waals surface area contributed by atoms with Crippen LogP contribution in [0.25, 0.3) is 0 Å². The molecular formula is C30H18O4P2+2. The molecule has 4 unspecified atom stereocenters. The highest BCUT2D eigenvalue weighted by atomic mass is 31.1. The van der Waals surface area contributed by atoms with Crippen molar-refractivity contribution < 1.29 is 18.9 Å². The Bertz CT molecular complexity index is 1750. The number of allylic oxidation sites excluding steroid dienone is 3. The molecule has 6 aliphatic rings. The molecule has 0 bridgehead atoms. The fourth-order valence-corrected chi connectivity index (χ4v) is 11.3. The van der Waals surface area contributed by atoms with Crippen LogP contribution >= 0.6 is 15.1 Å². The molecule has 0 saturated heterocycles. The largest absolute Gasteiger partial charge is 0.473 e. The summed E-state index contributed by atoms with van der Waals surface area (Å²) in [5, 5.41) is 7.45. The predicted octanol–water partition coefficient (Wildman–Crippen LogP) is 5.16. The summed E-state index contributed by atoms with van der Waals surface area (Å²) in [7, 11) is -1.59. The van der Waals surface area contributed by atoms with Gasteiger partial charge in [0.25, 0.3) is 0 Å². The van der Waals surface area contributed by atoms with Crippen molar-refractivity contribution in [1.82, 2.24) is 0 Å². The maximum atomic E-state index is 6.61. The smallest absolute Gasteiger partial charge is 0.238 e. The third-order valence-corrected chi connectivity index (χ3v) is 12.6. The third-order valence-electron chi connectivity index (χ3n) is 7.27. The van der Waals surface area contributed by atoms with E-state index in [2.05, 4.69) is 72.8 Å². The summed E-state index contributed by atoms with van der Waals surface area (Å²) >= 11 is 0. The van der Waals surface area contributed by atoms with Crippen LogP contribution in [0.5, 0.6) is 23.0 Å². The van der Waals surface area contributed by atoms with Crippen molar-refractivity contribution in [3.05, 3.63) is 114 Å². The van der Waals surface area contributed by atoms with Crippen LogP contribution in [0.3, 0.4) is 0 Å². The first-order chi connectivity index (χ1) is 17.8. The summed E-state index contributed by atoms with van der Waals surface area (Å²) in [6.07, 6.45) is 10.5. The van der Waals surface area contributed by atoms with Gasteiger partial charge in [0.05, 0.1) is 0 Å². The number of hydrogen-bond donors (Lipinski definition) is 0. The van der Waals surface area contributed by atoms with Crippen LogP contribution in [0, 0.1) is 0 Å². The van der Waals surface area contributed by atoms with Gasteiger partial charge < -0.3 is 18.9 Å². The zero-order valence-corrected chi connectivity index (χ0v) is 20.7. The second-order valence-corrected chi connectivity index (χ2v) is 13.5. The normalized spacial score (nSPS) is 24.9. The highest BCUT2D eigenvalue weighted by molar-refractivity contribution is 7.75. The lowest BCUT2D eigenvalue weighted by atomic mass is 10.1. The fourth-order valence-electron chi connectivity index (χ4n) is 5.79. The second-order valence-electron chi connectivity index (χ2n) is 9.28. The highest BCUT2D eigenvalue weighted by Gasteiger charge is 2.53. The Morgan fingerprint density at radius 1 is 0.639 bits per heavy atom. The Balaban J connectivity index is 1.36. The first kappa shape index (κ1) is 19.4. The molecule has 6 heteroatoms. The van der Waals surface area contributed by atoms with E-state index in [1.54, 1.807) is 0 Å². The van der Waals surface area contributed by atoms with Crippen LogP contribution in [0.2, 0.25) is 0 Å². The minimum absolute atomic E-state index is 0.119. The minimum atomic E-state index is -0.797. The lowest BCUT2D eigenvalue weighted by molar-refractivity contribution is 0.204. The molecule has 0 radical (unpaired) electrons. The van der Waals surface area contributed by atoms with Gasteiger partial charge in [0.1, 0.15) is 0 Å². The molecular weight excluding hydrogens is 486 g/mol. The Hall–Kier alpha value is -3.84. The summed E-state index contributed by atoms with van der Waals surface area (Å²) in [5.74, 6) is 5.54. The zero-order chi connectivity index (χ0) is 23.4. The number of benzene rings is 3. The van der Waals surface area contributed by atoms with Gasteiger partial charge in [-0.05, 0) is 48.6 Å². The molecule has 4 aliphatic heterocycles. The quantitative estimate of drug-likeness (QED) is 0.310. The summed E-state index contributed by atoms with van der Waals surface area (Å²) in [6, 6.07) is 23.0. The van der Waals surface area contributed by atoms with Crippen LogP contribution < -0.4 is 30.1 Å². The van der Waals surface area contributed by atoms with E-state index >= 15 is 0 Å². The Morgan fingerprint density at radius 3 is 2.28 bits per heavy atom. The first-order valence-corrected chi connectivity index (χ1v) is 14.7. The van der Waals surface area contributed by atoms with Crippen LogP contribution in [-0.2, 0) is 4.74 Å².